The largest absolute Gasteiger partial charge is 0.330 e. The highest BCUT2D eigenvalue weighted by atomic mass is 79.9. The molecule has 1 fully saturated rings. The second kappa shape index (κ2) is 6.01. The lowest BCUT2D eigenvalue weighted by molar-refractivity contribution is -0.135. The number of carbonyl (C=O) groups is 1. The van der Waals surface area contributed by atoms with Crippen LogP contribution in [0.4, 0.5) is 0 Å². The van der Waals surface area contributed by atoms with Crippen molar-refractivity contribution in [2.24, 2.45) is 5.73 Å². The minimum absolute atomic E-state index is 0.0532. The van der Waals surface area contributed by atoms with Gasteiger partial charge in [0.25, 0.3) is 0 Å². The average molecular weight is 326 g/mol. The van der Waals surface area contributed by atoms with E-state index >= 15 is 0 Å². The Morgan fingerprint density at radius 2 is 2.21 bits per heavy atom. The molecule has 2 rings (SSSR count). The van der Waals surface area contributed by atoms with Crippen LogP contribution in [0.3, 0.4) is 0 Å². The third-order valence-corrected chi connectivity index (χ3v) is 4.00. The van der Waals surface area contributed by atoms with Crippen molar-refractivity contribution in [3.05, 3.63) is 28.5 Å². The van der Waals surface area contributed by atoms with Crippen LogP contribution < -0.4 is 5.73 Å². The molecule has 1 saturated heterocycles. The Hall–Kier alpha value is -0.940. The van der Waals surface area contributed by atoms with Crippen LogP contribution in [0, 0.1) is 0 Å². The molecule has 19 heavy (non-hydrogen) atoms. The fourth-order valence-corrected chi connectivity index (χ4v) is 2.91. The van der Waals surface area contributed by atoms with E-state index in [4.69, 9.17) is 5.73 Å². The molecule has 1 aliphatic rings. The van der Waals surface area contributed by atoms with Crippen molar-refractivity contribution in [3.63, 3.8) is 0 Å². The van der Waals surface area contributed by atoms with E-state index in [0.717, 1.165) is 23.0 Å². The maximum Gasteiger partial charge on any atom is 0.223 e. The lowest BCUT2D eigenvalue weighted by Gasteiger charge is -2.36. The quantitative estimate of drug-likeness (QED) is 0.909. The number of pyridine rings is 1. The molecule has 104 valence electrons. The van der Waals surface area contributed by atoms with E-state index in [1.165, 1.54) is 0 Å². The van der Waals surface area contributed by atoms with Crippen molar-refractivity contribution in [1.29, 1.82) is 0 Å². The fraction of sp³-hybridized carbons (Fsp3) is 0.571. The van der Waals surface area contributed by atoms with E-state index in [9.17, 15) is 4.79 Å². The van der Waals surface area contributed by atoms with Gasteiger partial charge in [-0.05, 0) is 54.8 Å². The van der Waals surface area contributed by atoms with Crippen LogP contribution in [-0.4, -0.2) is 27.9 Å². The number of likely N-dealkylation sites (tertiary alicyclic amines) is 1. The fourth-order valence-electron chi connectivity index (χ4n) is 2.67. The number of carbonyl (C=O) groups excluding carboxylic acids is 1. The molecule has 0 radical (unpaired) electrons. The first-order valence-electron chi connectivity index (χ1n) is 6.69. The van der Waals surface area contributed by atoms with Crippen molar-refractivity contribution >= 4 is 21.8 Å². The van der Waals surface area contributed by atoms with Crippen molar-refractivity contribution in [1.82, 2.24) is 9.88 Å². The Labute approximate surface area is 122 Å². The van der Waals surface area contributed by atoms with Gasteiger partial charge in [-0.25, -0.2) is 0 Å². The third kappa shape index (κ3) is 3.15. The first kappa shape index (κ1) is 14.5. The summed E-state index contributed by atoms with van der Waals surface area (Å²) in [6.45, 7) is 4.06. The maximum atomic E-state index is 12.3. The van der Waals surface area contributed by atoms with Gasteiger partial charge >= 0.3 is 0 Å². The van der Waals surface area contributed by atoms with Crippen LogP contribution >= 0.6 is 15.9 Å². The molecule has 0 spiro atoms. The van der Waals surface area contributed by atoms with E-state index in [-0.39, 0.29) is 24.0 Å². The Bertz CT molecular complexity index is 447. The van der Waals surface area contributed by atoms with Gasteiger partial charge in [0, 0.05) is 29.2 Å². The van der Waals surface area contributed by atoms with E-state index < -0.39 is 0 Å². The molecule has 1 aromatic rings. The molecule has 1 amide bonds. The number of halogens is 1. The number of aromatic nitrogens is 1. The first-order valence-corrected chi connectivity index (χ1v) is 7.48. The molecule has 2 N–H and O–H groups in total. The van der Waals surface area contributed by atoms with Gasteiger partial charge in [-0.2, -0.15) is 0 Å². The number of hydrogen-bond donors (Lipinski definition) is 1. The standard InChI is InChI=1S/C14H20BrN3O/c1-9(2)18-13(19)5-3-4-11(16)14(18)12-7-6-10(15)8-17-12/h6-9,11,14H,3-5,16H2,1-2H3. The molecular weight excluding hydrogens is 306 g/mol. The molecule has 4 nitrogen and oxygen atoms in total. The molecule has 1 aliphatic heterocycles. The average Bonchev–Trinajstić information content (AvgIpc) is 2.50. The van der Waals surface area contributed by atoms with E-state index in [2.05, 4.69) is 20.9 Å². The molecular formula is C14H20BrN3O. The van der Waals surface area contributed by atoms with Gasteiger partial charge < -0.3 is 10.6 Å². The zero-order valence-corrected chi connectivity index (χ0v) is 12.9. The predicted octanol–water partition coefficient (Wildman–Crippen LogP) is 2.63. The van der Waals surface area contributed by atoms with Gasteiger partial charge in [0.1, 0.15) is 0 Å². The lowest BCUT2D eigenvalue weighted by atomic mass is 9.99. The number of hydrogen-bond acceptors (Lipinski definition) is 3. The topological polar surface area (TPSA) is 59.2 Å². The molecule has 0 saturated carbocycles. The lowest BCUT2D eigenvalue weighted by Crippen LogP contribution is -2.46. The second-order valence-electron chi connectivity index (χ2n) is 5.30. The van der Waals surface area contributed by atoms with Crippen LogP contribution in [-0.2, 0) is 4.79 Å². The zero-order chi connectivity index (χ0) is 14.0. The van der Waals surface area contributed by atoms with Crippen LogP contribution in [0.25, 0.3) is 0 Å². The number of rotatable bonds is 2. The molecule has 2 unspecified atom stereocenters. The van der Waals surface area contributed by atoms with Crippen molar-refractivity contribution < 1.29 is 4.79 Å². The van der Waals surface area contributed by atoms with Gasteiger partial charge in [0.15, 0.2) is 0 Å². The number of amides is 1. The summed E-state index contributed by atoms with van der Waals surface area (Å²) in [5.74, 6) is 0.178. The SMILES string of the molecule is CC(C)N1C(=O)CCCC(N)C1c1ccc(Br)cn1. The summed E-state index contributed by atoms with van der Waals surface area (Å²) in [6.07, 6.45) is 4.06. The Morgan fingerprint density at radius 3 is 2.79 bits per heavy atom. The minimum atomic E-state index is -0.122. The molecule has 5 heteroatoms. The minimum Gasteiger partial charge on any atom is -0.330 e. The summed E-state index contributed by atoms with van der Waals surface area (Å²) in [6, 6.07) is 3.85. The molecule has 0 aromatic carbocycles. The molecule has 2 heterocycles. The van der Waals surface area contributed by atoms with E-state index in [1.54, 1.807) is 6.20 Å². The monoisotopic (exact) mass is 325 g/mol. The van der Waals surface area contributed by atoms with E-state index in [0.29, 0.717) is 6.42 Å². The Balaban J connectivity index is 2.40. The molecule has 1 aromatic heterocycles. The van der Waals surface area contributed by atoms with Gasteiger partial charge in [-0.15, -0.1) is 0 Å². The van der Waals surface area contributed by atoms with Gasteiger partial charge in [0.05, 0.1) is 11.7 Å². The number of nitrogens with zero attached hydrogens (tertiary/aromatic N) is 2. The summed E-state index contributed by atoms with van der Waals surface area (Å²) in [5.41, 5.74) is 7.17. The maximum absolute atomic E-state index is 12.3. The van der Waals surface area contributed by atoms with Crippen molar-refractivity contribution in [2.45, 2.75) is 51.2 Å². The summed E-state index contributed by atoms with van der Waals surface area (Å²) >= 11 is 3.38. The van der Waals surface area contributed by atoms with Gasteiger partial charge in [-0.3, -0.25) is 9.78 Å². The third-order valence-electron chi connectivity index (χ3n) is 3.53. The highest BCUT2D eigenvalue weighted by Crippen LogP contribution is 2.31. The van der Waals surface area contributed by atoms with Crippen LogP contribution in [0.15, 0.2) is 22.8 Å². The van der Waals surface area contributed by atoms with Gasteiger partial charge in [0.2, 0.25) is 5.91 Å². The zero-order valence-electron chi connectivity index (χ0n) is 11.3. The van der Waals surface area contributed by atoms with Crippen molar-refractivity contribution in [3.8, 4) is 0 Å². The Morgan fingerprint density at radius 1 is 1.47 bits per heavy atom. The van der Waals surface area contributed by atoms with Crippen LogP contribution in [0.2, 0.25) is 0 Å². The molecule has 0 bridgehead atoms. The highest BCUT2D eigenvalue weighted by Gasteiger charge is 2.35. The summed E-state index contributed by atoms with van der Waals surface area (Å²) < 4.78 is 0.931. The number of nitrogens with two attached hydrogens (primary N) is 1. The van der Waals surface area contributed by atoms with Gasteiger partial charge in [-0.1, -0.05) is 0 Å². The normalized spacial score (nSPS) is 24.7. The molecule has 0 aliphatic carbocycles. The summed E-state index contributed by atoms with van der Waals surface area (Å²) in [5, 5.41) is 0. The second-order valence-corrected chi connectivity index (χ2v) is 6.21. The first-order chi connectivity index (χ1) is 9.00. The predicted molar refractivity (Wildman–Crippen MR) is 78.5 cm³/mol. The summed E-state index contributed by atoms with van der Waals surface area (Å²) in [7, 11) is 0. The van der Waals surface area contributed by atoms with Crippen molar-refractivity contribution in [2.75, 3.05) is 0 Å². The van der Waals surface area contributed by atoms with E-state index in [1.807, 2.05) is 30.9 Å². The highest BCUT2D eigenvalue weighted by molar-refractivity contribution is 9.10. The van der Waals surface area contributed by atoms with Crippen LogP contribution in [0.1, 0.15) is 44.8 Å². The summed E-state index contributed by atoms with van der Waals surface area (Å²) in [4.78, 5) is 18.6. The smallest absolute Gasteiger partial charge is 0.223 e. The Kier molecular flexibility index (Phi) is 4.58. The van der Waals surface area contributed by atoms with Crippen LogP contribution in [0.5, 0.6) is 0 Å². The molecule has 2 atom stereocenters.